The molecule has 138 valence electrons. The number of carbonyl (C=O) groups excluding carboxylic acids is 2. The Kier molecular flexibility index (Phi) is 5.76. The average molecular weight is 387 g/mol. The first-order valence-corrected chi connectivity index (χ1v) is 7.65. The molecule has 0 aromatic heterocycles. The van der Waals surface area contributed by atoms with Gasteiger partial charge in [0, 0.05) is 5.69 Å². The Morgan fingerprint density at radius 1 is 1.19 bits per heavy atom. The average Bonchev–Trinajstić information content (AvgIpc) is 2.54. The lowest BCUT2D eigenvalue weighted by molar-refractivity contribution is -0.137. The van der Waals surface area contributed by atoms with Crippen LogP contribution in [-0.2, 0) is 15.7 Å². The molecule has 0 fully saturated rings. The van der Waals surface area contributed by atoms with Crippen molar-refractivity contribution in [3.05, 3.63) is 58.1 Å². The van der Waals surface area contributed by atoms with E-state index in [9.17, 15) is 22.8 Å². The zero-order valence-corrected chi connectivity index (χ0v) is 14.2. The molecule has 0 bridgehead atoms. The number of hydrogen-bond acceptors (Lipinski definition) is 4. The largest absolute Gasteiger partial charge is 0.452 e. The zero-order valence-electron chi connectivity index (χ0n) is 13.5. The topological polar surface area (TPSA) is 81.4 Å². The minimum atomic E-state index is -4.58. The van der Waals surface area contributed by atoms with E-state index >= 15 is 0 Å². The lowest BCUT2D eigenvalue weighted by Gasteiger charge is -2.11. The maximum Gasteiger partial charge on any atom is 0.416 e. The predicted octanol–water partition coefficient (Wildman–Crippen LogP) is 4.04. The fourth-order valence-corrected chi connectivity index (χ4v) is 2.32. The summed E-state index contributed by atoms with van der Waals surface area (Å²) in [5.41, 5.74) is 5.06. The molecule has 0 saturated heterocycles. The Morgan fingerprint density at radius 2 is 1.88 bits per heavy atom. The van der Waals surface area contributed by atoms with E-state index in [-0.39, 0.29) is 5.56 Å². The van der Waals surface area contributed by atoms with Gasteiger partial charge < -0.3 is 15.8 Å². The van der Waals surface area contributed by atoms with Crippen LogP contribution in [0.5, 0.6) is 0 Å². The number of rotatable bonds is 4. The summed E-state index contributed by atoms with van der Waals surface area (Å²) < 4.78 is 42.5. The molecule has 2 rings (SSSR count). The lowest BCUT2D eigenvalue weighted by atomic mass is 10.1. The monoisotopic (exact) mass is 386 g/mol. The number of halogens is 4. The van der Waals surface area contributed by atoms with Gasteiger partial charge in [0.25, 0.3) is 5.91 Å². The molecule has 0 unspecified atom stereocenters. The van der Waals surface area contributed by atoms with Crippen LogP contribution in [0, 0.1) is 6.92 Å². The Morgan fingerprint density at radius 3 is 2.46 bits per heavy atom. The standard InChI is InChI=1S/C17H14ClF3N2O3/c1-9-2-5-14(12(18)6-9)23-15(24)8-26-16(25)11-4-3-10(7-13(11)22)17(19,20)21/h2-7H,8,22H2,1H3,(H,23,24). The molecule has 0 saturated carbocycles. The Balaban J connectivity index is 1.99. The van der Waals surface area contributed by atoms with Crippen molar-refractivity contribution < 1.29 is 27.5 Å². The summed E-state index contributed by atoms with van der Waals surface area (Å²) in [5, 5.41) is 2.78. The fraction of sp³-hybridized carbons (Fsp3) is 0.176. The first kappa shape index (κ1) is 19.6. The molecule has 0 radical (unpaired) electrons. The molecule has 1 amide bonds. The molecule has 26 heavy (non-hydrogen) atoms. The van der Waals surface area contributed by atoms with Gasteiger partial charge >= 0.3 is 12.1 Å². The molecule has 9 heteroatoms. The first-order chi connectivity index (χ1) is 12.1. The number of anilines is 2. The molecule has 0 aliphatic carbocycles. The van der Waals surface area contributed by atoms with Crippen LogP contribution in [0.1, 0.15) is 21.5 Å². The first-order valence-electron chi connectivity index (χ1n) is 7.28. The van der Waals surface area contributed by atoms with Crippen molar-refractivity contribution in [2.75, 3.05) is 17.7 Å². The number of benzene rings is 2. The quantitative estimate of drug-likeness (QED) is 0.613. The highest BCUT2D eigenvalue weighted by Crippen LogP contribution is 2.31. The number of ether oxygens (including phenoxy) is 1. The van der Waals surface area contributed by atoms with Gasteiger partial charge in [0.05, 0.1) is 21.8 Å². The Labute approximate surface area is 151 Å². The van der Waals surface area contributed by atoms with E-state index in [0.717, 1.165) is 11.6 Å². The third-order valence-electron chi connectivity index (χ3n) is 3.33. The van der Waals surface area contributed by atoms with Crippen LogP contribution in [-0.4, -0.2) is 18.5 Å². The van der Waals surface area contributed by atoms with Crippen LogP contribution in [0.2, 0.25) is 5.02 Å². The molecule has 0 aliphatic heterocycles. The van der Waals surface area contributed by atoms with E-state index in [1.165, 1.54) is 0 Å². The number of amides is 1. The Bertz CT molecular complexity index is 854. The smallest absolute Gasteiger partial charge is 0.416 e. The van der Waals surface area contributed by atoms with E-state index in [4.69, 9.17) is 22.1 Å². The van der Waals surface area contributed by atoms with Gasteiger partial charge in [0.15, 0.2) is 6.61 Å². The van der Waals surface area contributed by atoms with Gasteiger partial charge in [-0.2, -0.15) is 13.2 Å². The van der Waals surface area contributed by atoms with Gasteiger partial charge in [0.1, 0.15) is 0 Å². The summed E-state index contributed by atoms with van der Waals surface area (Å²) in [5.74, 6) is -1.67. The van der Waals surface area contributed by atoms with Crippen molar-refractivity contribution >= 4 is 34.9 Å². The second-order valence-corrected chi connectivity index (χ2v) is 5.81. The highest BCUT2D eigenvalue weighted by Gasteiger charge is 2.31. The molecular formula is C17H14ClF3N2O3. The van der Waals surface area contributed by atoms with Crippen molar-refractivity contribution in [3.8, 4) is 0 Å². The van der Waals surface area contributed by atoms with Crippen LogP contribution >= 0.6 is 11.6 Å². The number of nitrogen functional groups attached to an aromatic ring is 1. The van der Waals surface area contributed by atoms with Crippen LogP contribution in [0.4, 0.5) is 24.5 Å². The molecule has 0 atom stereocenters. The summed E-state index contributed by atoms with van der Waals surface area (Å²) in [6, 6.07) is 7.20. The summed E-state index contributed by atoms with van der Waals surface area (Å²) in [7, 11) is 0. The minimum absolute atomic E-state index is 0.265. The minimum Gasteiger partial charge on any atom is -0.452 e. The van der Waals surface area contributed by atoms with Gasteiger partial charge in [-0.1, -0.05) is 17.7 Å². The summed E-state index contributed by atoms with van der Waals surface area (Å²) in [4.78, 5) is 23.7. The lowest BCUT2D eigenvalue weighted by Crippen LogP contribution is -2.21. The van der Waals surface area contributed by atoms with Crippen molar-refractivity contribution in [1.29, 1.82) is 0 Å². The number of nitrogens with one attached hydrogen (secondary N) is 1. The van der Waals surface area contributed by atoms with Gasteiger partial charge in [-0.15, -0.1) is 0 Å². The van der Waals surface area contributed by atoms with E-state index in [0.29, 0.717) is 22.8 Å². The van der Waals surface area contributed by atoms with E-state index < -0.39 is 35.9 Å². The highest BCUT2D eigenvalue weighted by atomic mass is 35.5. The van der Waals surface area contributed by atoms with Crippen LogP contribution in [0.25, 0.3) is 0 Å². The van der Waals surface area contributed by atoms with E-state index in [1.807, 2.05) is 6.92 Å². The number of aryl methyl sites for hydroxylation is 1. The van der Waals surface area contributed by atoms with Crippen molar-refractivity contribution in [2.45, 2.75) is 13.1 Å². The molecule has 2 aromatic rings. The summed E-state index contributed by atoms with van der Waals surface area (Å²) >= 11 is 5.97. The molecular weight excluding hydrogens is 373 g/mol. The SMILES string of the molecule is Cc1ccc(NC(=O)COC(=O)c2ccc(C(F)(F)F)cc2N)c(Cl)c1. The van der Waals surface area contributed by atoms with E-state index in [1.54, 1.807) is 18.2 Å². The van der Waals surface area contributed by atoms with Gasteiger partial charge in [-0.3, -0.25) is 4.79 Å². The van der Waals surface area contributed by atoms with Gasteiger partial charge in [-0.25, -0.2) is 4.79 Å². The van der Waals surface area contributed by atoms with Crippen LogP contribution < -0.4 is 11.1 Å². The zero-order chi connectivity index (χ0) is 19.5. The van der Waals surface area contributed by atoms with Crippen LogP contribution in [0.15, 0.2) is 36.4 Å². The molecule has 2 aromatic carbocycles. The van der Waals surface area contributed by atoms with Crippen LogP contribution in [0.3, 0.4) is 0 Å². The number of carbonyl (C=O) groups is 2. The normalized spacial score (nSPS) is 11.1. The Hall–Kier alpha value is -2.74. The van der Waals surface area contributed by atoms with Gasteiger partial charge in [-0.05, 0) is 42.8 Å². The maximum atomic E-state index is 12.6. The summed E-state index contributed by atoms with van der Waals surface area (Å²) in [6.45, 7) is 1.18. The molecule has 0 heterocycles. The fourth-order valence-electron chi connectivity index (χ4n) is 2.04. The molecule has 3 N–H and O–H groups in total. The third-order valence-corrected chi connectivity index (χ3v) is 3.64. The van der Waals surface area contributed by atoms with Crippen molar-refractivity contribution in [2.24, 2.45) is 0 Å². The van der Waals surface area contributed by atoms with E-state index in [2.05, 4.69) is 5.32 Å². The molecule has 0 spiro atoms. The predicted molar refractivity (Wildman–Crippen MR) is 91.0 cm³/mol. The highest BCUT2D eigenvalue weighted by molar-refractivity contribution is 6.33. The molecule has 0 aliphatic rings. The van der Waals surface area contributed by atoms with Crippen molar-refractivity contribution in [1.82, 2.24) is 0 Å². The third kappa shape index (κ3) is 4.89. The number of hydrogen-bond donors (Lipinski definition) is 2. The summed E-state index contributed by atoms with van der Waals surface area (Å²) in [6.07, 6.45) is -4.58. The van der Waals surface area contributed by atoms with Gasteiger partial charge in [0.2, 0.25) is 0 Å². The number of nitrogens with two attached hydrogens (primary N) is 1. The second-order valence-electron chi connectivity index (χ2n) is 5.41. The maximum absolute atomic E-state index is 12.6. The number of alkyl halides is 3. The number of esters is 1. The second kappa shape index (κ2) is 7.65. The molecule has 5 nitrogen and oxygen atoms in total. The van der Waals surface area contributed by atoms with Crippen molar-refractivity contribution in [3.63, 3.8) is 0 Å².